The zero-order chi connectivity index (χ0) is 25.5. The smallest absolute Gasteiger partial charge is 0.251 e. The fourth-order valence-corrected chi connectivity index (χ4v) is 4.69. The Labute approximate surface area is 213 Å². The molecule has 36 heavy (non-hydrogen) atoms. The fraction of sp³-hybridized carbons (Fsp3) is 0.222. The van der Waals surface area contributed by atoms with Crippen LogP contribution in [-0.4, -0.2) is 41.4 Å². The second kappa shape index (κ2) is 11.7. The molecule has 0 bridgehead atoms. The lowest BCUT2D eigenvalue weighted by molar-refractivity contribution is 0.0953. The summed E-state index contributed by atoms with van der Waals surface area (Å²) in [5.74, 6) is 1.88. The number of aromatic nitrogens is 3. The van der Waals surface area contributed by atoms with Gasteiger partial charge in [0.2, 0.25) is 0 Å². The van der Waals surface area contributed by atoms with Gasteiger partial charge in [0.25, 0.3) is 5.91 Å². The largest absolute Gasteiger partial charge is 0.497 e. The topological polar surface area (TPSA) is 78.3 Å². The summed E-state index contributed by atoms with van der Waals surface area (Å²) < 4.78 is 26.0. The molecule has 0 aliphatic rings. The Morgan fingerprint density at radius 1 is 1.00 bits per heavy atom. The number of aryl methyl sites for hydroxylation is 1. The number of amides is 1. The number of methoxy groups -OCH3 is 2. The van der Waals surface area contributed by atoms with Crippen LogP contribution in [0.4, 0.5) is 4.39 Å². The van der Waals surface area contributed by atoms with Crippen LogP contribution in [0.25, 0.3) is 5.69 Å². The summed E-state index contributed by atoms with van der Waals surface area (Å²) in [6.07, 6.45) is 0.433. The predicted molar refractivity (Wildman–Crippen MR) is 138 cm³/mol. The molecule has 0 spiro atoms. The maximum Gasteiger partial charge on any atom is 0.251 e. The van der Waals surface area contributed by atoms with E-state index in [1.807, 2.05) is 16.7 Å². The average Bonchev–Trinajstić information content (AvgIpc) is 3.30. The molecule has 9 heteroatoms. The van der Waals surface area contributed by atoms with E-state index in [-0.39, 0.29) is 11.7 Å². The van der Waals surface area contributed by atoms with E-state index in [1.54, 1.807) is 42.1 Å². The zero-order valence-corrected chi connectivity index (χ0v) is 21.1. The summed E-state index contributed by atoms with van der Waals surface area (Å²) in [5, 5.41) is 12.4. The average molecular weight is 507 g/mol. The molecule has 0 unspecified atom stereocenters. The Bertz CT molecular complexity index is 1320. The minimum absolute atomic E-state index is 0.255. The van der Waals surface area contributed by atoms with Crippen LogP contribution < -0.4 is 14.8 Å². The van der Waals surface area contributed by atoms with Gasteiger partial charge in [-0.25, -0.2) is 4.39 Å². The second-order valence-corrected chi connectivity index (χ2v) is 8.98. The van der Waals surface area contributed by atoms with E-state index in [2.05, 4.69) is 34.6 Å². The lowest BCUT2D eigenvalue weighted by Gasteiger charge is -2.12. The minimum Gasteiger partial charge on any atom is -0.497 e. The first-order valence-electron chi connectivity index (χ1n) is 11.4. The summed E-state index contributed by atoms with van der Waals surface area (Å²) in [7, 11) is 3.07. The summed E-state index contributed by atoms with van der Waals surface area (Å²) in [5.41, 5.74) is 3.60. The molecule has 0 aliphatic heterocycles. The molecule has 7 nitrogen and oxygen atoms in total. The molecule has 186 valence electrons. The zero-order valence-electron chi connectivity index (χ0n) is 20.3. The van der Waals surface area contributed by atoms with Gasteiger partial charge in [-0.3, -0.25) is 9.36 Å². The highest BCUT2D eigenvalue weighted by molar-refractivity contribution is 7.98. The van der Waals surface area contributed by atoms with Gasteiger partial charge >= 0.3 is 0 Å². The number of hydrogen-bond acceptors (Lipinski definition) is 6. The standard InChI is InChI=1S/C27H27FN4O3S/c1-18-6-4-5-7-19(18)17-36-27-31-30-25(32(27)22-10-8-21(28)9-11-22)12-13-29-26(33)20-14-23(34-2)16-24(15-20)35-3/h4-11,14-16H,12-13,17H2,1-3H3,(H,29,33). The normalized spacial score (nSPS) is 10.8. The molecule has 0 radical (unpaired) electrons. The molecule has 1 N–H and O–H groups in total. The number of hydrogen-bond donors (Lipinski definition) is 1. The Kier molecular flexibility index (Phi) is 8.22. The number of nitrogens with zero attached hydrogens (tertiary/aromatic N) is 3. The van der Waals surface area contributed by atoms with Crippen LogP contribution in [0.2, 0.25) is 0 Å². The van der Waals surface area contributed by atoms with E-state index in [0.29, 0.717) is 41.0 Å². The van der Waals surface area contributed by atoms with E-state index in [4.69, 9.17) is 9.47 Å². The van der Waals surface area contributed by atoms with Crippen molar-refractivity contribution in [3.8, 4) is 17.2 Å². The van der Waals surface area contributed by atoms with Crippen LogP contribution in [0.1, 0.15) is 27.3 Å². The molecule has 0 fully saturated rings. The van der Waals surface area contributed by atoms with Gasteiger partial charge < -0.3 is 14.8 Å². The first kappa shape index (κ1) is 25.2. The first-order valence-corrected chi connectivity index (χ1v) is 12.4. The summed E-state index contributed by atoms with van der Waals surface area (Å²) >= 11 is 1.56. The minimum atomic E-state index is -0.316. The maximum absolute atomic E-state index is 13.6. The summed E-state index contributed by atoms with van der Waals surface area (Å²) in [6, 6.07) is 19.4. The third-order valence-corrected chi connectivity index (χ3v) is 6.63. The SMILES string of the molecule is COc1cc(OC)cc(C(=O)NCCc2nnc(SCc3ccccc3C)n2-c2ccc(F)cc2)c1. The molecule has 0 saturated carbocycles. The Hall–Kier alpha value is -3.85. The van der Waals surface area contributed by atoms with E-state index in [0.717, 1.165) is 11.4 Å². The number of carbonyl (C=O) groups excluding carboxylic acids is 1. The molecular weight excluding hydrogens is 479 g/mol. The molecular formula is C27H27FN4O3S. The molecule has 0 atom stereocenters. The van der Waals surface area contributed by atoms with Crippen molar-refractivity contribution >= 4 is 17.7 Å². The van der Waals surface area contributed by atoms with Gasteiger partial charge in [-0.2, -0.15) is 0 Å². The van der Waals surface area contributed by atoms with Crippen molar-refractivity contribution in [2.45, 2.75) is 24.3 Å². The van der Waals surface area contributed by atoms with Gasteiger partial charge in [0.1, 0.15) is 23.1 Å². The number of carbonyl (C=O) groups is 1. The van der Waals surface area contributed by atoms with E-state index >= 15 is 0 Å². The van der Waals surface area contributed by atoms with Crippen molar-refractivity contribution in [2.75, 3.05) is 20.8 Å². The van der Waals surface area contributed by atoms with Crippen molar-refractivity contribution in [3.63, 3.8) is 0 Å². The quantitative estimate of drug-likeness (QED) is 0.305. The van der Waals surface area contributed by atoms with Crippen molar-refractivity contribution < 1.29 is 18.7 Å². The maximum atomic E-state index is 13.6. The van der Waals surface area contributed by atoms with Crippen LogP contribution in [-0.2, 0) is 12.2 Å². The number of benzene rings is 3. The van der Waals surface area contributed by atoms with Gasteiger partial charge in [0, 0.05) is 36.0 Å². The van der Waals surface area contributed by atoms with Crippen molar-refractivity contribution in [2.24, 2.45) is 0 Å². The first-order chi connectivity index (χ1) is 17.5. The molecule has 0 saturated heterocycles. The Balaban J connectivity index is 1.51. The molecule has 4 aromatic rings. The van der Waals surface area contributed by atoms with Crippen molar-refractivity contribution in [3.05, 3.63) is 95.1 Å². The lowest BCUT2D eigenvalue weighted by atomic mass is 10.1. The number of nitrogens with one attached hydrogen (secondary N) is 1. The third kappa shape index (κ3) is 6.04. The van der Waals surface area contributed by atoms with Crippen LogP contribution in [0, 0.1) is 12.7 Å². The van der Waals surface area contributed by atoms with Crippen LogP contribution in [0.5, 0.6) is 11.5 Å². The van der Waals surface area contributed by atoms with Gasteiger partial charge in [0.05, 0.1) is 14.2 Å². The molecule has 0 aliphatic carbocycles. The number of ether oxygens (including phenoxy) is 2. The van der Waals surface area contributed by atoms with Gasteiger partial charge in [-0.05, 0) is 54.4 Å². The number of thioether (sulfide) groups is 1. The molecule has 1 aromatic heterocycles. The predicted octanol–water partition coefficient (Wildman–Crippen LogP) is 5.00. The monoisotopic (exact) mass is 506 g/mol. The van der Waals surface area contributed by atoms with E-state index < -0.39 is 0 Å². The van der Waals surface area contributed by atoms with Gasteiger partial charge in [0.15, 0.2) is 5.16 Å². The third-order valence-electron chi connectivity index (χ3n) is 5.65. The second-order valence-electron chi connectivity index (χ2n) is 8.03. The van der Waals surface area contributed by atoms with E-state index in [9.17, 15) is 9.18 Å². The van der Waals surface area contributed by atoms with Gasteiger partial charge in [-0.15, -0.1) is 10.2 Å². The van der Waals surface area contributed by atoms with Crippen LogP contribution in [0.3, 0.4) is 0 Å². The Morgan fingerprint density at radius 2 is 1.69 bits per heavy atom. The molecule has 1 heterocycles. The highest BCUT2D eigenvalue weighted by Crippen LogP contribution is 2.27. The number of halogens is 1. The molecule has 1 amide bonds. The number of rotatable bonds is 10. The van der Waals surface area contributed by atoms with Crippen LogP contribution in [0.15, 0.2) is 71.9 Å². The van der Waals surface area contributed by atoms with Crippen LogP contribution >= 0.6 is 11.8 Å². The fourth-order valence-electron chi connectivity index (χ4n) is 3.65. The molecule has 4 rings (SSSR count). The summed E-state index contributed by atoms with van der Waals surface area (Å²) in [6.45, 7) is 2.41. The van der Waals surface area contributed by atoms with Gasteiger partial charge in [-0.1, -0.05) is 36.0 Å². The molecule has 3 aromatic carbocycles. The van der Waals surface area contributed by atoms with E-state index in [1.165, 1.54) is 37.5 Å². The highest BCUT2D eigenvalue weighted by Gasteiger charge is 2.16. The highest BCUT2D eigenvalue weighted by atomic mass is 32.2. The lowest BCUT2D eigenvalue weighted by Crippen LogP contribution is -2.26. The Morgan fingerprint density at radius 3 is 2.36 bits per heavy atom. The van der Waals surface area contributed by atoms with Crippen molar-refractivity contribution in [1.82, 2.24) is 20.1 Å². The van der Waals surface area contributed by atoms with Crippen molar-refractivity contribution in [1.29, 1.82) is 0 Å². The summed E-state index contributed by atoms with van der Waals surface area (Å²) in [4.78, 5) is 12.7.